The van der Waals surface area contributed by atoms with Gasteiger partial charge in [-0.1, -0.05) is 11.6 Å². The Morgan fingerprint density at radius 3 is 2.81 bits per heavy atom. The molecule has 0 aliphatic heterocycles. The fourth-order valence-electron chi connectivity index (χ4n) is 1.41. The van der Waals surface area contributed by atoms with Gasteiger partial charge in [-0.3, -0.25) is 4.98 Å². The Bertz CT molecular complexity index is 523. The van der Waals surface area contributed by atoms with Crippen LogP contribution in [0.25, 0.3) is 17.2 Å². The molecule has 2 rings (SSSR count). The van der Waals surface area contributed by atoms with Gasteiger partial charge in [0, 0.05) is 18.0 Å². The smallest absolute Gasteiger partial charge is 0.136 e. The van der Waals surface area contributed by atoms with Gasteiger partial charge in [-0.15, -0.1) is 0 Å². The second kappa shape index (κ2) is 4.77. The Morgan fingerprint density at radius 2 is 2.06 bits per heavy atom. The topological polar surface area (TPSA) is 51.8 Å². The predicted molar refractivity (Wildman–Crippen MR) is 65.7 cm³/mol. The number of pyridine rings is 2. The molecule has 0 aliphatic rings. The van der Waals surface area contributed by atoms with Crippen LogP contribution in [0.4, 0.5) is 0 Å². The van der Waals surface area contributed by atoms with Crippen LogP contribution >= 0.6 is 11.6 Å². The standard InChI is InChI=1S/C12H10ClN3/c13-12-11(2-1-6-16-12)9-4-7-15-10(8-9)3-5-14/h1-8H,14H2. The second-order valence-electron chi connectivity index (χ2n) is 3.17. The maximum Gasteiger partial charge on any atom is 0.136 e. The molecule has 2 heterocycles. The molecule has 0 spiro atoms. The Kier molecular flexibility index (Phi) is 3.17. The zero-order chi connectivity index (χ0) is 11.4. The van der Waals surface area contributed by atoms with Crippen molar-refractivity contribution >= 4 is 17.7 Å². The third-order valence-corrected chi connectivity index (χ3v) is 2.42. The molecule has 0 aliphatic carbocycles. The molecule has 2 aromatic rings. The van der Waals surface area contributed by atoms with E-state index in [2.05, 4.69) is 9.97 Å². The molecule has 16 heavy (non-hydrogen) atoms. The lowest BCUT2D eigenvalue weighted by Gasteiger charge is -2.03. The van der Waals surface area contributed by atoms with Crippen LogP contribution in [0.3, 0.4) is 0 Å². The Labute approximate surface area is 98.6 Å². The number of nitrogens with two attached hydrogens (primary N) is 1. The summed E-state index contributed by atoms with van der Waals surface area (Å²) in [5, 5.41) is 0.483. The van der Waals surface area contributed by atoms with Crippen LogP contribution in [0.15, 0.2) is 42.9 Å². The lowest BCUT2D eigenvalue weighted by Crippen LogP contribution is -1.87. The summed E-state index contributed by atoms with van der Waals surface area (Å²) in [4.78, 5) is 8.19. The largest absolute Gasteiger partial charge is 0.405 e. The molecule has 0 radical (unpaired) electrons. The van der Waals surface area contributed by atoms with Gasteiger partial charge in [0.05, 0.1) is 5.69 Å². The highest BCUT2D eigenvalue weighted by atomic mass is 35.5. The highest BCUT2D eigenvalue weighted by molar-refractivity contribution is 6.32. The summed E-state index contributed by atoms with van der Waals surface area (Å²) in [5.41, 5.74) is 7.97. The second-order valence-corrected chi connectivity index (χ2v) is 3.53. The van der Waals surface area contributed by atoms with Gasteiger partial charge in [-0.2, -0.15) is 0 Å². The summed E-state index contributed by atoms with van der Waals surface area (Å²) < 4.78 is 0. The van der Waals surface area contributed by atoms with Gasteiger partial charge >= 0.3 is 0 Å². The number of halogens is 1. The first-order chi connectivity index (χ1) is 7.81. The summed E-state index contributed by atoms with van der Waals surface area (Å²) in [6.07, 6.45) is 6.56. The number of hydrogen-bond acceptors (Lipinski definition) is 3. The number of aromatic nitrogens is 2. The monoisotopic (exact) mass is 231 g/mol. The van der Waals surface area contributed by atoms with Gasteiger partial charge < -0.3 is 5.73 Å². The molecule has 0 saturated heterocycles. The third-order valence-electron chi connectivity index (χ3n) is 2.12. The summed E-state index contributed by atoms with van der Waals surface area (Å²) >= 11 is 6.01. The molecule has 0 amide bonds. The van der Waals surface area contributed by atoms with Crippen molar-refractivity contribution in [1.29, 1.82) is 0 Å². The molecule has 4 heteroatoms. The van der Waals surface area contributed by atoms with Gasteiger partial charge in [-0.25, -0.2) is 4.98 Å². The zero-order valence-corrected chi connectivity index (χ0v) is 9.22. The third kappa shape index (κ3) is 2.20. The van der Waals surface area contributed by atoms with Crippen LogP contribution in [-0.4, -0.2) is 9.97 Å². The number of hydrogen-bond donors (Lipinski definition) is 1. The van der Waals surface area contributed by atoms with Gasteiger partial charge in [0.1, 0.15) is 5.15 Å². The van der Waals surface area contributed by atoms with E-state index in [1.54, 1.807) is 18.5 Å². The van der Waals surface area contributed by atoms with Crippen molar-refractivity contribution in [3.8, 4) is 11.1 Å². The van der Waals surface area contributed by atoms with Gasteiger partial charge in [0.25, 0.3) is 0 Å². The molecule has 0 atom stereocenters. The SMILES string of the molecule is NC=Cc1cc(-c2cccnc2Cl)ccn1. The van der Waals surface area contributed by atoms with E-state index >= 15 is 0 Å². The first-order valence-corrected chi connectivity index (χ1v) is 5.14. The Morgan fingerprint density at radius 1 is 1.19 bits per heavy atom. The molecular formula is C12H10ClN3. The van der Waals surface area contributed by atoms with E-state index in [1.165, 1.54) is 6.20 Å². The Balaban J connectivity index is 2.48. The molecule has 0 saturated carbocycles. The maximum atomic E-state index is 6.01. The molecule has 2 N–H and O–H groups in total. The van der Waals surface area contributed by atoms with Gasteiger partial charge in [0.15, 0.2) is 0 Å². The van der Waals surface area contributed by atoms with E-state index in [0.29, 0.717) is 5.15 Å². The van der Waals surface area contributed by atoms with Crippen molar-refractivity contribution in [3.63, 3.8) is 0 Å². The van der Waals surface area contributed by atoms with Crippen molar-refractivity contribution in [2.45, 2.75) is 0 Å². The van der Waals surface area contributed by atoms with Crippen molar-refractivity contribution in [2.24, 2.45) is 5.73 Å². The van der Waals surface area contributed by atoms with Crippen LogP contribution in [-0.2, 0) is 0 Å². The number of rotatable bonds is 2. The fraction of sp³-hybridized carbons (Fsp3) is 0. The van der Waals surface area contributed by atoms with Crippen molar-refractivity contribution in [1.82, 2.24) is 9.97 Å². The summed E-state index contributed by atoms with van der Waals surface area (Å²) in [6.45, 7) is 0. The highest BCUT2D eigenvalue weighted by Gasteiger charge is 2.03. The molecule has 0 unspecified atom stereocenters. The molecule has 0 bridgehead atoms. The minimum absolute atomic E-state index is 0.483. The van der Waals surface area contributed by atoms with Gasteiger partial charge in [-0.05, 0) is 42.1 Å². The number of nitrogens with zero attached hydrogens (tertiary/aromatic N) is 2. The molecule has 0 fully saturated rings. The zero-order valence-electron chi connectivity index (χ0n) is 8.47. The average Bonchev–Trinajstić information content (AvgIpc) is 2.30. The van der Waals surface area contributed by atoms with E-state index in [0.717, 1.165) is 16.8 Å². The maximum absolute atomic E-state index is 6.01. The fourth-order valence-corrected chi connectivity index (χ4v) is 1.64. The summed E-state index contributed by atoms with van der Waals surface area (Å²) in [7, 11) is 0. The van der Waals surface area contributed by atoms with E-state index < -0.39 is 0 Å². The van der Waals surface area contributed by atoms with E-state index in [4.69, 9.17) is 17.3 Å². The first kappa shape index (κ1) is 10.6. The quantitative estimate of drug-likeness (QED) is 0.809. The van der Waals surface area contributed by atoms with Crippen LogP contribution in [0.5, 0.6) is 0 Å². The molecule has 2 aromatic heterocycles. The van der Waals surface area contributed by atoms with Crippen LogP contribution < -0.4 is 5.73 Å². The molecular weight excluding hydrogens is 222 g/mol. The van der Waals surface area contributed by atoms with Crippen LogP contribution in [0, 0.1) is 0 Å². The minimum Gasteiger partial charge on any atom is -0.405 e. The van der Waals surface area contributed by atoms with Crippen LogP contribution in [0.1, 0.15) is 5.69 Å². The van der Waals surface area contributed by atoms with Gasteiger partial charge in [0.2, 0.25) is 0 Å². The lowest BCUT2D eigenvalue weighted by atomic mass is 10.1. The van der Waals surface area contributed by atoms with Crippen molar-refractivity contribution < 1.29 is 0 Å². The van der Waals surface area contributed by atoms with E-state index in [1.807, 2.05) is 24.3 Å². The normalized spacial score (nSPS) is 10.8. The Hall–Kier alpha value is -1.87. The predicted octanol–water partition coefficient (Wildman–Crippen LogP) is 2.73. The molecule has 0 aromatic carbocycles. The average molecular weight is 232 g/mol. The van der Waals surface area contributed by atoms with E-state index in [9.17, 15) is 0 Å². The molecule has 3 nitrogen and oxygen atoms in total. The molecule has 80 valence electrons. The van der Waals surface area contributed by atoms with Crippen molar-refractivity contribution in [2.75, 3.05) is 0 Å². The first-order valence-electron chi connectivity index (χ1n) is 4.76. The van der Waals surface area contributed by atoms with E-state index in [-0.39, 0.29) is 0 Å². The van der Waals surface area contributed by atoms with Crippen molar-refractivity contribution in [3.05, 3.63) is 53.7 Å². The summed E-state index contributed by atoms with van der Waals surface area (Å²) in [6, 6.07) is 7.56. The summed E-state index contributed by atoms with van der Waals surface area (Å²) in [5.74, 6) is 0. The minimum atomic E-state index is 0.483. The lowest BCUT2D eigenvalue weighted by molar-refractivity contribution is 1.28. The highest BCUT2D eigenvalue weighted by Crippen LogP contribution is 2.25. The van der Waals surface area contributed by atoms with Crippen LogP contribution in [0.2, 0.25) is 5.15 Å².